The van der Waals surface area contributed by atoms with E-state index >= 15 is 0 Å². The lowest BCUT2D eigenvalue weighted by Crippen LogP contribution is -2.67. The van der Waals surface area contributed by atoms with E-state index in [1.165, 1.54) is 18.9 Å². The molecular weight excluding hydrogens is 287 g/mol. The molecule has 1 saturated carbocycles. The fourth-order valence-electron chi connectivity index (χ4n) is 3.46. The van der Waals surface area contributed by atoms with Crippen LogP contribution in [-0.4, -0.2) is 29.1 Å². The van der Waals surface area contributed by atoms with Gasteiger partial charge in [-0.2, -0.15) is 0 Å². The molecule has 1 aromatic rings. The molecule has 1 aromatic carbocycles. The standard InChI is InChI=1S/C17H24ClFN2/c1-16(2)11-21(17(3,10-20-16)13-4-5-13)9-12-8-14(18)6-7-15(12)19/h6-8,13,20H,4-5,9-11H2,1-3H3. The first kappa shape index (κ1) is 15.3. The third kappa shape index (κ3) is 3.10. The number of benzene rings is 1. The van der Waals surface area contributed by atoms with Crippen LogP contribution in [0.2, 0.25) is 5.02 Å². The second kappa shape index (κ2) is 5.22. The molecule has 0 bridgehead atoms. The molecule has 1 unspecified atom stereocenters. The molecule has 2 fully saturated rings. The third-order valence-corrected chi connectivity index (χ3v) is 5.29. The molecular formula is C17H24ClFN2. The molecule has 1 aliphatic carbocycles. The zero-order valence-electron chi connectivity index (χ0n) is 13.0. The summed E-state index contributed by atoms with van der Waals surface area (Å²) in [6.07, 6.45) is 2.57. The van der Waals surface area contributed by atoms with Crippen LogP contribution in [-0.2, 0) is 6.54 Å². The summed E-state index contributed by atoms with van der Waals surface area (Å²) in [5, 5.41) is 4.26. The molecule has 1 heterocycles. The zero-order chi connectivity index (χ0) is 15.3. The second-order valence-corrected chi connectivity index (χ2v) is 7.90. The van der Waals surface area contributed by atoms with Crippen molar-refractivity contribution >= 4 is 11.6 Å². The minimum Gasteiger partial charge on any atom is -0.309 e. The van der Waals surface area contributed by atoms with Gasteiger partial charge in [-0.15, -0.1) is 0 Å². The molecule has 0 radical (unpaired) electrons. The van der Waals surface area contributed by atoms with Crippen molar-refractivity contribution in [2.75, 3.05) is 13.1 Å². The minimum absolute atomic E-state index is 0.0590. The Labute approximate surface area is 131 Å². The number of halogens is 2. The van der Waals surface area contributed by atoms with Crippen LogP contribution in [0.1, 0.15) is 39.2 Å². The lowest BCUT2D eigenvalue weighted by Gasteiger charge is -2.52. The molecule has 3 rings (SSSR count). The second-order valence-electron chi connectivity index (χ2n) is 7.46. The lowest BCUT2D eigenvalue weighted by atomic mass is 9.85. The largest absolute Gasteiger partial charge is 0.309 e. The summed E-state index contributed by atoms with van der Waals surface area (Å²) in [6.45, 7) is 9.25. The molecule has 1 atom stereocenters. The molecule has 4 heteroatoms. The summed E-state index contributed by atoms with van der Waals surface area (Å²) in [7, 11) is 0. The average Bonchev–Trinajstić information content (AvgIpc) is 3.23. The summed E-state index contributed by atoms with van der Waals surface area (Å²) >= 11 is 6.04. The Morgan fingerprint density at radius 3 is 2.71 bits per heavy atom. The highest BCUT2D eigenvalue weighted by Crippen LogP contribution is 2.45. The van der Waals surface area contributed by atoms with Gasteiger partial charge in [-0.05, 0) is 57.7 Å². The number of piperazine rings is 1. The van der Waals surface area contributed by atoms with Gasteiger partial charge in [-0.25, -0.2) is 4.39 Å². The van der Waals surface area contributed by atoms with E-state index in [1.807, 2.05) is 0 Å². The van der Waals surface area contributed by atoms with Crippen molar-refractivity contribution < 1.29 is 4.39 Å². The van der Waals surface area contributed by atoms with E-state index in [0.717, 1.165) is 19.0 Å². The monoisotopic (exact) mass is 310 g/mol. The van der Waals surface area contributed by atoms with Gasteiger partial charge in [-0.1, -0.05) is 11.6 Å². The predicted molar refractivity (Wildman–Crippen MR) is 85.0 cm³/mol. The van der Waals surface area contributed by atoms with Crippen molar-refractivity contribution in [2.45, 2.75) is 51.2 Å². The molecule has 1 saturated heterocycles. The highest BCUT2D eigenvalue weighted by atomic mass is 35.5. The zero-order valence-corrected chi connectivity index (χ0v) is 13.8. The highest BCUT2D eigenvalue weighted by molar-refractivity contribution is 6.30. The van der Waals surface area contributed by atoms with Crippen LogP contribution in [0.3, 0.4) is 0 Å². The van der Waals surface area contributed by atoms with Crippen LogP contribution >= 0.6 is 11.6 Å². The molecule has 0 spiro atoms. The van der Waals surface area contributed by atoms with E-state index in [1.54, 1.807) is 12.1 Å². The van der Waals surface area contributed by atoms with E-state index in [9.17, 15) is 4.39 Å². The SMILES string of the molecule is CC1(C)CN(Cc2cc(Cl)ccc2F)C(C)(C2CC2)CN1. The Morgan fingerprint density at radius 2 is 2.05 bits per heavy atom. The summed E-state index contributed by atoms with van der Waals surface area (Å²) < 4.78 is 14.1. The smallest absolute Gasteiger partial charge is 0.127 e. The van der Waals surface area contributed by atoms with E-state index in [4.69, 9.17) is 11.6 Å². The van der Waals surface area contributed by atoms with Crippen molar-refractivity contribution in [3.8, 4) is 0 Å². The number of nitrogens with one attached hydrogen (secondary N) is 1. The van der Waals surface area contributed by atoms with Gasteiger partial charge in [0, 0.05) is 41.3 Å². The number of nitrogens with zero attached hydrogens (tertiary/aromatic N) is 1. The molecule has 21 heavy (non-hydrogen) atoms. The Morgan fingerprint density at radius 1 is 1.33 bits per heavy atom. The van der Waals surface area contributed by atoms with Gasteiger partial charge in [0.1, 0.15) is 5.82 Å². The Bertz CT molecular complexity index is 542. The summed E-state index contributed by atoms with van der Waals surface area (Å²) in [5.41, 5.74) is 0.875. The number of rotatable bonds is 3. The van der Waals surface area contributed by atoms with Crippen molar-refractivity contribution in [2.24, 2.45) is 5.92 Å². The first-order chi connectivity index (χ1) is 9.80. The highest BCUT2D eigenvalue weighted by Gasteiger charge is 2.49. The summed E-state index contributed by atoms with van der Waals surface area (Å²) in [4.78, 5) is 2.45. The van der Waals surface area contributed by atoms with Crippen molar-refractivity contribution in [3.05, 3.63) is 34.6 Å². The maximum absolute atomic E-state index is 14.1. The summed E-state index contributed by atoms with van der Waals surface area (Å²) in [5.74, 6) is 0.567. The van der Waals surface area contributed by atoms with Crippen LogP contribution in [0.15, 0.2) is 18.2 Å². The molecule has 1 N–H and O–H groups in total. The lowest BCUT2D eigenvalue weighted by molar-refractivity contribution is 0.00450. The Kier molecular flexibility index (Phi) is 3.79. The predicted octanol–water partition coefficient (Wildman–Crippen LogP) is 3.83. The molecule has 0 aromatic heterocycles. The fraction of sp³-hybridized carbons (Fsp3) is 0.647. The number of hydrogen-bond acceptors (Lipinski definition) is 2. The molecule has 0 amide bonds. The summed E-state index contributed by atoms with van der Waals surface area (Å²) in [6, 6.07) is 4.85. The fourth-order valence-corrected chi connectivity index (χ4v) is 3.65. The molecule has 2 aliphatic rings. The van der Waals surface area contributed by atoms with E-state index < -0.39 is 0 Å². The van der Waals surface area contributed by atoms with Crippen LogP contribution in [0.25, 0.3) is 0 Å². The maximum atomic E-state index is 14.1. The van der Waals surface area contributed by atoms with Gasteiger partial charge in [0.2, 0.25) is 0 Å². The van der Waals surface area contributed by atoms with Gasteiger partial charge >= 0.3 is 0 Å². The Hall–Kier alpha value is -0.640. The van der Waals surface area contributed by atoms with E-state index in [-0.39, 0.29) is 16.9 Å². The van der Waals surface area contributed by atoms with Gasteiger partial charge in [0.05, 0.1) is 0 Å². The van der Waals surface area contributed by atoms with Crippen molar-refractivity contribution in [1.29, 1.82) is 0 Å². The molecule has 1 aliphatic heterocycles. The third-order valence-electron chi connectivity index (χ3n) is 5.06. The quantitative estimate of drug-likeness (QED) is 0.912. The van der Waals surface area contributed by atoms with Gasteiger partial charge in [-0.3, -0.25) is 4.90 Å². The van der Waals surface area contributed by atoms with Gasteiger partial charge in [0.25, 0.3) is 0 Å². The average molecular weight is 311 g/mol. The van der Waals surface area contributed by atoms with E-state index in [2.05, 4.69) is 31.0 Å². The Balaban J connectivity index is 1.87. The van der Waals surface area contributed by atoms with Crippen molar-refractivity contribution in [3.63, 3.8) is 0 Å². The maximum Gasteiger partial charge on any atom is 0.127 e. The topological polar surface area (TPSA) is 15.3 Å². The van der Waals surface area contributed by atoms with Crippen LogP contribution in [0, 0.1) is 11.7 Å². The molecule has 116 valence electrons. The molecule has 2 nitrogen and oxygen atoms in total. The van der Waals surface area contributed by atoms with Crippen LogP contribution < -0.4 is 5.32 Å². The van der Waals surface area contributed by atoms with E-state index in [0.29, 0.717) is 17.1 Å². The first-order valence-corrected chi connectivity index (χ1v) is 8.12. The minimum atomic E-state index is -0.158. The van der Waals surface area contributed by atoms with Gasteiger partial charge in [0.15, 0.2) is 0 Å². The number of hydrogen-bond donors (Lipinski definition) is 1. The van der Waals surface area contributed by atoms with Crippen LogP contribution in [0.5, 0.6) is 0 Å². The van der Waals surface area contributed by atoms with Crippen molar-refractivity contribution in [1.82, 2.24) is 10.2 Å². The normalized spacial score (nSPS) is 29.6. The van der Waals surface area contributed by atoms with Gasteiger partial charge < -0.3 is 5.32 Å². The van der Waals surface area contributed by atoms with Crippen LogP contribution in [0.4, 0.5) is 4.39 Å². The first-order valence-electron chi connectivity index (χ1n) is 7.74.